The maximum absolute atomic E-state index is 12.8. The lowest BCUT2D eigenvalue weighted by Gasteiger charge is -2.49. The summed E-state index contributed by atoms with van der Waals surface area (Å²) in [4.78, 5) is 41.7. The summed E-state index contributed by atoms with van der Waals surface area (Å²) in [5.41, 5.74) is 2.27. The van der Waals surface area contributed by atoms with E-state index in [1.165, 1.54) is 14.2 Å². The van der Waals surface area contributed by atoms with Gasteiger partial charge in [0.25, 0.3) is 5.91 Å². The molecule has 2 heterocycles. The van der Waals surface area contributed by atoms with E-state index in [0.717, 1.165) is 0 Å². The maximum Gasteiger partial charge on any atom is 0.323 e. The Kier molecular flexibility index (Phi) is 6.82. The Morgan fingerprint density at radius 1 is 1.00 bits per heavy atom. The van der Waals surface area contributed by atoms with E-state index < -0.39 is 17.5 Å². The van der Waals surface area contributed by atoms with E-state index in [0.29, 0.717) is 25.5 Å². The SMILES string of the molecule is COC(=O)[C@H](C(C)C)N1CN([C@H](C(=O)OC)C(C)C)CC2(C1)C(=O)NN=C2C. The van der Waals surface area contributed by atoms with Crippen LogP contribution in [0.2, 0.25) is 0 Å². The summed E-state index contributed by atoms with van der Waals surface area (Å²) >= 11 is 0. The predicted molar refractivity (Wildman–Crippen MR) is 103 cm³/mol. The topological polar surface area (TPSA) is 101 Å². The van der Waals surface area contributed by atoms with Crippen molar-refractivity contribution in [3.05, 3.63) is 0 Å². The van der Waals surface area contributed by atoms with E-state index in [1.54, 1.807) is 6.92 Å². The number of rotatable bonds is 6. The van der Waals surface area contributed by atoms with Gasteiger partial charge in [0, 0.05) is 13.1 Å². The first kappa shape index (κ1) is 22.3. The first-order valence-electron chi connectivity index (χ1n) is 9.58. The molecule has 2 rings (SSSR count). The van der Waals surface area contributed by atoms with E-state index in [1.807, 2.05) is 37.5 Å². The van der Waals surface area contributed by atoms with Crippen LogP contribution in [0.25, 0.3) is 0 Å². The molecule has 0 aromatic rings. The van der Waals surface area contributed by atoms with Crippen LogP contribution in [0.5, 0.6) is 0 Å². The second-order valence-electron chi connectivity index (χ2n) is 8.28. The van der Waals surface area contributed by atoms with Crippen molar-refractivity contribution >= 4 is 23.6 Å². The maximum atomic E-state index is 12.8. The predicted octanol–water partition coefficient (Wildman–Crippen LogP) is 0.449. The average molecular weight is 396 g/mol. The molecule has 0 bridgehead atoms. The van der Waals surface area contributed by atoms with Crippen molar-refractivity contribution < 1.29 is 23.9 Å². The third-order valence-electron chi connectivity index (χ3n) is 5.70. The fraction of sp³-hybridized carbons (Fsp3) is 0.789. The zero-order valence-electron chi connectivity index (χ0n) is 17.8. The fourth-order valence-corrected chi connectivity index (χ4v) is 4.26. The lowest BCUT2D eigenvalue weighted by atomic mass is 9.79. The number of carbonyl (C=O) groups excluding carboxylic acids is 3. The second kappa shape index (κ2) is 8.57. The third-order valence-corrected chi connectivity index (χ3v) is 5.70. The number of ether oxygens (including phenoxy) is 2. The van der Waals surface area contributed by atoms with Gasteiger partial charge in [-0.1, -0.05) is 27.7 Å². The van der Waals surface area contributed by atoms with Gasteiger partial charge in [-0.3, -0.25) is 24.2 Å². The van der Waals surface area contributed by atoms with Gasteiger partial charge in [-0.25, -0.2) is 5.43 Å². The quantitative estimate of drug-likeness (QED) is 0.651. The first-order chi connectivity index (χ1) is 13.1. The van der Waals surface area contributed by atoms with Crippen molar-refractivity contribution in [2.45, 2.75) is 46.7 Å². The Morgan fingerprint density at radius 3 is 1.71 bits per heavy atom. The molecule has 0 aromatic carbocycles. The highest BCUT2D eigenvalue weighted by Gasteiger charge is 2.54. The molecule has 0 saturated carbocycles. The van der Waals surface area contributed by atoms with Gasteiger partial charge in [-0.2, -0.15) is 5.10 Å². The molecule has 158 valence electrons. The number of methoxy groups -OCH3 is 2. The van der Waals surface area contributed by atoms with E-state index in [2.05, 4.69) is 10.5 Å². The molecule has 0 unspecified atom stereocenters. The van der Waals surface area contributed by atoms with Crippen molar-refractivity contribution in [3.63, 3.8) is 0 Å². The minimum Gasteiger partial charge on any atom is -0.468 e. The molecule has 0 aromatic heterocycles. The van der Waals surface area contributed by atoms with Gasteiger partial charge in [0.15, 0.2) is 0 Å². The summed E-state index contributed by atoms with van der Waals surface area (Å²) in [6.45, 7) is 10.5. The van der Waals surface area contributed by atoms with Crippen LogP contribution in [0, 0.1) is 17.3 Å². The van der Waals surface area contributed by atoms with Crippen LogP contribution >= 0.6 is 0 Å². The van der Waals surface area contributed by atoms with E-state index in [4.69, 9.17) is 9.47 Å². The van der Waals surface area contributed by atoms with Gasteiger partial charge in [-0.05, 0) is 18.8 Å². The van der Waals surface area contributed by atoms with Crippen LogP contribution < -0.4 is 5.43 Å². The molecule has 9 heteroatoms. The number of nitrogens with one attached hydrogen (secondary N) is 1. The molecule has 2 aliphatic heterocycles. The van der Waals surface area contributed by atoms with E-state index in [9.17, 15) is 14.4 Å². The van der Waals surface area contributed by atoms with Crippen LogP contribution in [0.3, 0.4) is 0 Å². The van der Waals surface area contributed by atoms with E-state index in [-0.39, 0.29) is 29.7 Å². The monoisotopic (exact) mass is 396 g/mol. The molecular formula is C19H32N4O5. The largest absolute Gasteiger partial charge is 0.468 e. The number of carbonyl (C=O) groups is 3. The Hall–Kier alpha value is -2.00. The highest BCUT2D eigenvalue weighted by atomic mass is 16.5. The van der Waals surface area contributed by atoms with Gasteiger partial charge in [0.05, 0.1) is 26.6 Å². The minimum absolute atomic E-state index is 0.0400. The lowest BCUT2D eigenvalue weighted by molar-refractivity contribution is -0.161. The second-order valence-corrected chi connectivity index (χ2v) is 8.28. The Balaban J connectivity index is 2.50. The molecule has 1 N–H and O–H groups in total. The van der Waals surface area contributed by atoms with Crippen LogP contribution in [0.15, 0.2) is 5.10 Å². The standard InChI is InChI=1S/C19H32N4O5/c1-11(2)14(16(24)27-6)22-8-19(13(5)20-21-18(19)26)9-23(10-22)15(12(3)4)17(25)28-7/h11-12,14-15H,8-10H2,1-7H3,(H,21,26)/t14-,15-/m0/s1. The van der Waals surface area contributed by atoms with Crippen molar-refractivity contribution in [1.82, 2.24) is 15.2 Å². The van der Waals surface area contributed by atoms with Crippen molar-refractivity contribution in [1.29, 1.82) is 0 Å². The Labute approximate surface area is 166 Å². The summed E-state index contributed by atoms with van der Waals surface area (Å²) in [5.74, 6) is -1.03. The van der Waals surface area contributed by atoms with Crippen molar-refractivity contribution in [2.24, 2.45) is 22.4 Å². The normalized spacial score (nSPS) is 22.2. The van der Waals surface area contributed by atoms with Crippen molar-refractivity contribution in [2.75, 3.05) is 34.0 Å². The summed E-state index contributed by atoms with van der Waals surface area (Å²) in [6, 6.07) is -1.09. The lowest BCUT2D eigenvalue weighted by Crippen LogP contribution is -2.67. The van der Waals surface area contributed by atoms with Crippen molar-refractivity contribution in [3.8, 4) is 0 Å². The molecule has 1 fully saturated rings. The molecule has 2 aliphatic rings. The molecule has 0 aliphatic carbocycles. The number of hydrogen-bond donors (Lipinski definition) is 1. The third kappa shape index (κ3) is 3.91. The Morgan fingerprint density at radius 2 is 1.43 bits per heavy atom. The van der Waals surface area contributed by atoms with Crippen LogP contribution in [-0.2, 0) is 23.9 Å². The number of nitrogens with zero attached hydrogens (tertiary/aromatic N) is 3. The number of esters is 2. The summed E-state index contributed by atoms with van der Waals surface area (Å²) in [7, 11) is 2.71. The minimum atomic E-state index is -0.930. The van der Waals surface area contributed by atoms with E-state index >= 15 is 0 Å². The zero-order chi connectivity index (χ0) is 21.2. The summed E-state index contributed by atoms with van der Waals surface area (Å²) in [6.07, 6.45) is 0. The zero-order valence-corrected chi connectivity index (χ0v) is 17.8. The van der Waals surface area contributed by atoms with Gasteiger partial charge in [0.1, 0.15) is 17.5 Å². The summed E-state index contributed by atoms with van der Waals surface area (Å²) in [5, 5.41) is 4.13. The molecule has 9 nitrogen and oxygen atoms in total. The van der Waals surface area contributed by atoms with Crippen LogP contribution in [0.1, 0.15) is 34.6 Å². The number of hydrazone groups is 1. The molecule has 28 heavy (non-hydrogen) atoms. The average Bonchev–Trinajstić information content (AvgIpc) is 2.88. The van der Waals surface area contributed by atoms with Crippen LogP contribution in [0.4, 0.5) is 0 Å². The smallest absolute Gasteiger partial charge is 0.323 e. The molecule has 0 radical (unpaired) electrons. The van der Waals surface area contributed by atoms with Gasteiger partial charge in [-0.15, -0.1) is 0 Å². The summed E-state index contributed by atoms with van der Waals surface area (Å²) < 4.78 is 10.0. The number of hydrogen-bond acceptors (Lipinski definition) is 8. The molecule has 1 saturated heterocycles. The molecule has 1 spiro atoms. The molecular weight excluding hydrogens is 364 g/mol. The fourth-order valence-electron chi connectivity index (χ4n) is 4.26. The first-order valence-corrected chi connectivity index (χ1v) is 9.58. The van der Waals surface area contributed by atoms with Gasteiger partial charge in [0.2, 0.25) is 0 Å². The van der Waals surface area contributed by atoms with Gasteiger partial charge < -0.3 is 9.47 Å². The molecule has 2 atom stereocenters. The highest BCUT2D eigenvalue weighted by Crippen LogP contribution is 2.35. The van der Waals surface area contributed by atoms with Crippen LogP contribution in [-0.4, -0.2) is 79.4 Å². The highest BCUT2D eigenvalue weighted by molar-refractivity contribution is 6.12. The van der Waals surface area contributed by atoms with Gasteiger partial charge >= 0.3 is 11.9 Å². The molecule has 1 amide bonds. The Bertz CT molecular complexity index is 625. The number of amides is 1.